The van der Waals surface area contributed by atoms with Crippen molar-refractivity contribution in [3.63, 3.8) is 0 Å². The lowest BCUT2D eigenvalue weighted by Crippen LogP contribution is -2.51. The highest BCUT2D eigenvalue weighted by atomic mass is 35.5. The zero-order valence-electron chi connectivity index (χ0n) is 12.1. The van der Waals surface area contributed by atoms with Crippen LogP contribution in [-0.4, -0.2) is 55.1 Å². The number of rotatable bonds is 3. The predicted octanol–water partition coefficient (Wildman–Crippen LogP) is 1.46. The molecule has 0 aromatic heterocycles. The van der Waals surface area contributed by atoms with Crippen LogP contribution in [0.3, 0.4) is 0 Å². The van der Waals surface area contributed by atoms with Crippen molar-refractivity contribution >= 4 is 27.5 Å². The van der Waals surface area contributed by atoms with Crippen molar-refractivity contribution in [2.75, 3.05) is 26.2 Å². The number of aryl methyl sites for hydroxylation is 1. The van der Waals surface area contributed by atoms with Gasteiger partial charge >= 0.3 is 0 Å². The third-order valence-electron chi connectivity index (χ3n) is 3.55. The quantitative estimate of drug-likeness (QED) is 0.788. The first-order valence-electron chi connectivity index (χ1n) is 6.82. The zero-order valence-corrected chi connectivity index (χ0v) is 13.7. The van der Waals surface area contributed by atoms with Crippen LogP contribution < -0.4 is 0 Å². The smallest absolute Gasteiger partial charge is 0.243 e. The first-order chi connectivity index (χ1) is 9.82. The lowest BCUT2D eigenvalue weighted by Gasteiger charge is -2.34. The molecule has 1 aliphatic rings. The van der Waals surface area contributed by atoms with Gasteiger partial charge in [0.1, 0.15) is 5.38 Å². The molecule has 1 heterocycles. The average molecular weight is 331 g/mol. The Labute approximate surface area is 130 Å². The van der Waals surface area contributed by atoms with Gasteiger partial charge in [0.15, 0.2) is 0 Å². The van der Waals surface area contributed by atoms with E-state index in [9.17, 15) is 13.2 Å². The molecule has 0 aliphatic carbocycles. The van der Waals surface area contributed by atoms with Gasteiger partial charge in [0.2, 0.25) is 15.9 Å². The minimum atomic E-state index is -3.49. The number of halogens is 1. The Kier molecular flexibility index (Phi) is 4.91. The van der Waals surface area contributed by atoms with Gasteiger partial charge in [-0.1, -0.05) is 17.7 Å². The van der Waals surface area contributed by atoms with Crippen molar-refractivity contribution in [3.05, 3.63) is 29.8 Å². The van der Waals surface area contributed by atoms with Crippen LogP contribution in [0.2, 0.25) is 0 Å². The van der Waals surface area contributed by atoms with Crippen LogP contribution in [0.15, 0.2) is 29.2 Å². The number of nitrogens with zero attached hydrogens (tertiary/aromatic N) is 2. The molecule has 116 valence electrons. The van der Waals surface area contributed by atoms with Crippen molar-refractivity contribution in [3.8, 4) is 0 Å². The lowest BCUT2D eigenvalue weighted by molar-refractivity contribution is -0.131. The topological polar surface area (TPSA) is 57.7 Å². The van der Waals surface area contributed by atoms with Crippen molar-refractivity contribution in [2.24, 2.45) is 0 Å². The summed E-state index contributed by atoms with van der Waals surface area (Å²) in [5.41, 5.74) is 1.01. The minimum absolute atomic E-state index is 0.149. The third-order valence-corrected chi connectivity index (χ3v) is 5.65. The molecule has 1 aromatic rings. The molecular weight excluding hydrogens is 312 g/mol. The first kappa shape index (κ1) is 16.3. The molecule has 0 spiro atoms. The Hall–Kier alpha value is -1.11. The number of hydrogen-bond acceptors (Lipinski definition) is 3. The first-order valence-corrected chi connectivity index (χ1v) is 8.69. The fourth-order valence-electron chi connectivity index (χ4n) is 2.26. The number of carbonyl (C=O) groups excluding carboxylic acids is 1. The number of amides is 1. The second kappa shape index (κ2) is 6.34. The Bertz CT molecular complexity index is 606. The van der Waals surface area contributed by atoms with Crippen LogP contribution in [-0.2, 0) is 14.8 Å². The standard InChI is InChI=1S/C14H19ClN2O3S/c1-11-3-5-13(6-4-11)21(19,20)17-9-7-16(8-10-17)14(18)12(2)15/h3-6,12H,7-10H2,1-2H3. The Morgan fingerprint density at radius 3 is 2.14 bits per heavy atom. The summed E-state index contributed by atoms with van der Waals surface area (Å²) in [5, 5.41) is -0.578. The number of carbonyl (C=O) groups is 1. The summed E-state index contributed by atoms with van der Waals surface area (Å²) in [7, 11) is -3.49. The van der Waals surface area contributed by atoms with E-state index < -0.39 is 15.4 Å². The summed E-state index contributed by atoms with van der Waals surface area (Å²) >= 11 is 5.78. The fraction of sp³-hybridized carbons (Fsp3) is 0.500. The number of benzene rings is 1. The molecular formula is C14H19ClN2O3S. The van der Waals surface area contributed by atoms with E-state index in [4.69, 9.17) is 11.6 Å². The maximum Gasteiger partial charge on any atom is 0.243 e. The van der Waals surface area contributed by atoms with Crippen LogP contribution in [0.4, 0.5) is 0 Å². The van der Waals surface area contributed by atoms with Gasteiger partial charge in [-0.25, -0.2) is 8.42 Å². The molecule has 1 fully saturated rings. The molecule has 0 radical (unpaired) electrons. The van der Waals surface area contributed by atoms with Gasteiger partial charge in [0, 0.05) is 26.2 Å². The molecule has 7 heteroatoms. The van der Waals surface area contributed by atoms with E-state index in [-0.39, 0.29) is 5.91 Å². The molecule has 1 saturated heterocycles. The highest BCUT2D eigenvalue weighted by molar-refractivity contribution is 7.89. The SMILES string of the molecule is Cc1ccc(S(=O)(=O)N2CCN(C(=O)C(C)Cl)CC2)cc1. The molecule has 2 rings (SSSR count). The largest absolute Gasteiger partial charge is 0.339 e. The number of alkyl halides is 1. The van der Waals surface area contributed by atoms with Crippen molar-refractivity contribution in [1.29, 1.82) is 0 Å². The van der Waals surface area contributed by atoms with Crippen molar-refractivity contribution in [2.45, 2.75) is 24.1 Å². The van der Waals surface area contributed by atoms with E-state index in [1.807, 2.05) is 6.92 Å². The molecule has 0 saturated carbocycles. The summed E-state index contributed by atoms with van der Waals surface area (Å²) in [4.78, 5) is 13.7. The van der Waals surface area contributed by atoms with E-state index in [0.29, 0.717) is 31.1 Å². The minimum Gasteiger partial charge on any atom is -0.339 e. The monoisotopic (exact) mass is 330 g/mol. The Morgan fingerprint density at radius 2 is 1.67 bits per heavy atom. The highest BCUT2D eigenvalue weighted by Gasteiger charge is 2.30. The number of piperazine rings is 1. The Balaban J connectivity index is 2.07. The van der Waals surface area contributed by atoms with E-state index in [1.165, 1.54) is 4.31 Å². The molecule has 1 amide bonds. The molecule has 21 heavy (non-hydrogen) atoms. The molecule has 1 aromatic carbocycles. The van der Waals surface area contributed by atoms with Crippen LogP contribution in [0, 0.1) is 6.92 Å². The fourth-order valence-corrected chi connectivity index (χ4v) is 3.82. The van der Waals surface area contributed by atoms with Crippen molar-refractivity contribution in [1.82, 2.24) is 9.21 Å². The van der Waals surface area contributed by atoms with Gasteiger partial charge in [-0.3, -0.25) is 4.79 Å². The highest BCUT2D eigenvalue weighted by Crippen LogP contribution is 2.18. The normalized spacial score (nSPS) is 18.5. The number of sulfonamides is 1. The molecule has 5 nitrogen and oxygen atoms in total. The Morgan fingerprint density at radius 1 is 1.14 bits per heavy atom. The molecule has 0 bridgehead atoms. The van der Waals surface area contributed by atoms with E-state index in [1.54, 1.807) is 36.1 Å². The molecule has 1 unspecified atom stereocenters. The maximum absolute atomic E-state index is 12.5. The van der Waals surface area contributed by atoms with Gasteiger partial charge in [-0.05, 0) is 26.0 Å². The molecule has 1 atom stereocenters. The van der Waals surface area contributed by atoms with Gasteiger partial charge in [0.25, 0.3) is 0 Å². The van der Waals surface area contributed by atoms with E-state index in [0.717, 1.165) is 5.56 Å². The maximum atomic E-state index is 12.5. The number of hydrogen-bond donors (Lipinski definition) is 0. The molecule has 0 N–H and O–H groups in total. The summed E-state index contributed by atoms with van der Waals surface area (Å²) in [6, 6.07) is 6.79. The van der Waals surface area contributed by atoms with Crippen LogP contribution in [0.5, 0.6) is 0 Å². The second-order valence-electron chi connectivity index (χ2n) is 5.16. The summed E-state index contributed by atoms with van der Waals surface area (Å²) in [5.74, 6) is -0.149. The summed E-state index contributed by atoms with van der Waals surface area (Å²) in [6.45, 7) is 4.88. The average Bonchev–Trinajstić information content (AvgIpc) is 2.47. The second-order valence-corrected chi connectivity index (χ2v) is 7.75. The van der Waals surface area contributed by atoms with Gasteiger partial charge in [0.05, 0.1) is 4.90 Å². The molecule has 1 aliphatic heterocycles. The summed E-state index contributed by atoms with van der Waals surface area (Å²) < 4.78 is 26.4. The van der Waals surface area contributed by atoms with Gasteiger partial charge in [-0.2, -0.15) is 4.31 Å². The van der Waals surface area contributed by atoms with Crippen LogP contribution in [0.25, 0.3) is 0 Å². The lowest BCUT2D eigenvalue weighted by atomic mass is 10.2. The third kappa shape index (κ3) is 3.56. The van der Waals surface area contributed by atoms with Crippen molar-refractivity contribution < 1.29 is 13.2 Å². The van der Waals surface area contributed by atoms with E-state index in [2.05, 4.69) is 0 Å². The zero-order chi connectivity index (χ0) is 15.6. The van der Waals surface area contributed by atoms with Gasteiger partial charge in [-0.15, -0.1) is 11.6 Å². The summed E-state index contributed by atoms with van der Waals surface area (Å²) in [6.07, 6.45) is 0. The van der Waals surface area contributed by atoms with Crippen LogP contribution in [0.1, 0.15) is 12.5 Å². The van der Waals surface area contributed by atoms with Crippen LogP contribution >= 0.6 is 11.6 Å². The van der Waals surface area contributed by atoms with Gasteiger partial charge < -0.3 is 4.90 Å². The van der Waals surface area contributed by atoms with E-state index >= 15 is 0 Å². The predicted molar refractivity (Wildman–Crippen MR) is 81.8 cm³/mol.